The molecule has 1 aliphatic heterocycles. The summed E-state index contributed by atoms with van der Waals surface area (Å²) in [5.41, 5.74) is 1.30. The first-order valence-corrected chi connectivity index (χ1v) is 8.08. The smallest absolute Gasteiger partial charge is 0.337 e. The Bertz CT molecular complexity index is 835. The lowest BCUT2D eigenvalue weighted by Crippen LogP contribution is -2.50. The van der Waals surface area contributed by atoms with Crippen LogP contribution in [0.15, 0.2) is 24.3 Å². The van der Waals surface area contributed by atoms with Crippen molar-refractivity contribution in [2.24, 2.45) is 0 Å². The van der Waals surface area contributed by atoms with Gasteiger partial charge in [0.1, 0.15) is 24.1 Å². The molecule has 26 heavy (non-hydrogen) atoms. The second kappa shape index (κ2) is 7.04. The fourth-order valence-electron chi connectivity index (χ4n) is 3.15. The molecule has 1 fully saturated rings. The lowest BCUT2D eigenvalue weighted by molar-refractivity contribution is -0.00190. The highest BCUT2D eigenvalue weighted by molar-refractivity contribution is 6.00. The summed E-state index contributed by atoms with van der Waals surface area (Å²) in [7, 11) is 2.78. The van der Waals surface area contributed by atoms with Crippen molar-refractivity contribution in [2.75, 3.05) is 20.8 Å². The summed E-state index contributed by atoms with van der Waals surface area (Å²) in [5.74, 6) is -0.886. The number of esters is 1. The van der Waals surface area contributed by atoms with Crippen LogP contribution in [0.5, 0.6) is 0 Å². The van der Waals surface area contributed by atoms with E-state index in [1.807, 2.05) is 0 Å². The van der Waals surface area contributed by atoms with Gasteiger partial charge in [0, 0.05) is 18.0 Å². The Morgan fingerprint density at radius 1 is 1.23 bits per heavy atom. The van der Waals surface area contributed by atoms with Crippen molar-refractivity contribution in [3.05, 3.63) is 35.5 Å². The number of ether oxygens (including phenoxy) is 1. The number of carbonyl (C=O) groups is 2. The minimum absolute atomic E-state index is 0.264. The van der Waals surface area contributed by atoms with Gasteiger partial charge in [-0.3, -0.25) is 10.1 Å². The number of H-pyrrole nitrogens is 1. The van der Waals surface area contributed by atoms with Crippen molar-refractivity contribution in [1.82, 2.24) is 15.2 Å². The van der Waals surface area contributed by atoms with Crippen LogP contribution in [0.4, 0.5) is 0 Å². The quantitative estimate of drug-likeness (QED) is 0.442. The van der Waals surface area contributed by atoms with Crippen LogP contribution in [0.3, 0.4) is 0 Å². The monoisotopic (exact) mass is 363 g/mol. The van der Waals surface area contributed by atoms with E-state index >= 15 is 0 Å². The first-order valence-electron chi connectivity index (χ1n) is 8.08. The van der Waals surface area contributed by atoms with E-state index in [-0.39, 0.29) is 12.3 Å². The van der Waals surface area contributed by atoms with Crippen molar-refractivity contribution >= 4 is 22.8 Å². The molecule has 2 heterocycles. The Morgan fingerprint density at radius 3 is 2.58 bits per heavy atom. The van der Waals surface area contributed by atoms with Crippen molar-refractivity contribution in [2.45, 2.75) is 24.4 Å². The summed E-state index contributed by atoms with van der Waals surface area (Å²) in [4.78, 5) is 28.6. The number of methoxy groups -OCH3 is 1. The molecule has 1 aliphatic rings. The molecule has 2 aromatic rings. The zero-order valence-corrected chi connectivity index (χ0v) is 14.3. The third-order valence-corrected chi connectivity index (χ3v) is 4.68. The van der Waals surface area contributed by atoms with Gasteiger partial charge in [-0.05, 0) is 24.3 Å². The largest absolute Gasteiger partial charge is 0.465 e. The molecule has 0 unspecified atom stereocenters. The van der Waals surface area contributed by atoms with Gasteiger partial charge in [0.2, 0.25) is 0 Å². The first-order chi connectivity index (χ1) is 12.4. The van der Waals surface area contributed by atoms with Crippen LogP contribution < -0.4 is 5.32 Å². The zero-order chi connectivity index (χ0) is 19.0. The minimum atomic E-state index is -1.23. The average molecular weight is 363 g/mol. The number of nitrogens with zero attached hydrogens (tertiary/aromatic N) is 1. The van der Waals surface area contributed by atoms with Crippen LogP contribution in [0.2, 0.25) is 0 Å². The van der Waals surface area contributed by atoms with Gasteiger partial charge in [-0.1, -0.05) is 0 Å². The fraction of sp³-hybridized carbons (Fsp3) is 0.412. The molecular formula is C17H21N3O6. The minimum Gasteiger partial charge on any atom is -0.465 e. The number of fused-ring (bicyclic) bond motifs is 1. The Balaban J connectivity index is 1.84. The number of amides is 1. The van der Waals surface area contributed by atoms with Crippen molar-refractivity contribution in [3.63, 3.8) is 0 Å². The Hall–Kier alpha value is -2.46. The van der Waals surface area contributed by atoms with Crippen LogP contribution in [0.1, 0.15) is 20.8 Å². The number of aliphatic hydroxyl groups excluding tert-OH is 3. The van der Waals surface area contributed by atoms with E-state index < -0.39 is 36.3 Å². The molecule has 1 saturated heterocycles. The van der Waals surface area contributed by atoms with Crippen molar-refractivity contribution < 1.29 is 29.6 Å². The SMILES string of the molecule is COC(=O)c1ccc2[nH]c(C(=O)N(C)[C@H]3N[C@H](CO)[C@@H](O)[C@@H]3O)cc2c1. The molecule has 9 heteroatoms. The number of likely N-dealkylation sites (N-methyl/N-ethyl adjacent to an activating group) is 1. The number of aliphatic hydroxyl groups is 3. The number of aromatic nitrogens is 1. The number of benzene rings is 1. The van der Waals surface area contributed by atoms with Gasteiger partial charge in [0.15, 0.2) is 0 Å². The molecular weight excluding hydrogens is 342 g/mol. The number of nitrogens with one attached hydrogen (secondary N) is 2. The summed E-state index contributed by atoms with van der Waals surface area (Å²) in [6.45, 7) is -0.362. The van der Waals surface area contributed by atoms with Gasteiger partial charge < -0.3 is 29.9 Å². The van der Waals surface area contributed by atoms with E-state index in [1.54, 1.807) is 24.3 Å². The van der Waals surface area contributed by atoms with Crippen LogP contribution >= 0.6 is 0 Å². The standard InChI is InChI=1S/C17H21N3O6/c1-20(15-14(23)13(22)12(7-21)19-15)16(24)11-6-9-5-8(17(25)26-2)3-4-10(9)18-11/h3-6,12-15,18-19,21-23H,7H2,1-2H3/t12-,13-,14+,15-/m1/s1. The van der Waals surface area contributed by atoms with Crippen molar-refractivity contribution in [1.29, 1.82) is 0 Å². The molecule has 0 aliphatic carbocycles. The van der Waals surface area contributed by atoms with E-state index in [0.29, 0.717) is 16.5 Å². The highest BCUT2D eigenvalue weighted by Gasteiger charge is 2.44. The van der Waals surface area contributed by atoms with Crippen LogP contribution in [-0.2, 0) is 4.74 Å². The lowest BCUT2D eigenvalue weighted by atomic mass is 10.1. The maximum Gasteiger partial charge on any atom is 0.337 e. The second-order valence-electron chi connectivity index (χ2n) is 6.27. The van der Waals surface area contributed by atoms with Gasteiger partial charge in [-0.2, -0.15) is 0 Å². The average Bonchev–Trinajstić information content (AvgIpc) is 3.20. The fourth-order valence-corrected chi connectivity index (χ4v) is 3.15. The molecule has 9 nitrogen and oxygen atoms in total. The molecule has 0 bridgehead atoms. The van der Waals surface area contributed by atoms with E-state index in [2.05, 4.69) is 15.0 Å². The van der Waals surface area contributed by atoms with Gasteiger partial charge in [-0.15, -0.1) is 0 Å². The first kappa shape index (κ1) is 18.3. The highest BCUT2D eigenvalue weighted by atomic mass is 16.5. The second-order valence-corrected chi connectivity index (χ2v) is 6.27. The van der Waals surface area contributed by atoms with E-state index in [0.717, 1.165) is 0 Å². The molecule has 4 atom stereocenters. The topological polar surface area (TPSA) is 135 Å². The zero-order valence-electron chi connectivity index (χ0n) is 14.3. The molecule has 140 valence electrons. The summed E-state index contributed by atoms with van der Waals surface area (Å²) in [5, 5.41) is 32.7. The summed E-state index contributed by atoms with van der Waals surface area (Å²) in [6, 6.07) is 5.76. The Kier molecular flexibility index (Phi) is 4.97. The van der Waals surface area contributed by atoms with E-state index in [4.69, 9.17) is 0 Å². The van der Waals surface area contributed by atoms with Gasteiger partial charge in [-0.25, -0.2) is 4.79 Å². The van der Waals surface area contributed by atoms with Crippen molar-refractivity contribution in [3.8, 4) is 0 Å². The number of hydrogen-bond acceptors (Lipinski definition) is 7. The molecule has 0 radical (unpaired) electrons. The highest BCUT2D eigenvalue weighted by Crippen LogP contribution is 2.22. The number of hydrogen-bond donors (Lipinski definition) is 5. The Labute approximate surface area is 149 Å². The number of aromatic amines is 1. The maximum absolute atomic E-state index is 12.7. The summed E-state index contributed by atoms with van der Waals surface area (Å²) in [6.07, 6.45) is -3.24. The Morgan fingerprint density at radius 2 is 1.96 bits per heavy atom. The number of carbonyl (C=O) groups excluding carboxylic acids is 2. The number of rotatable bonds is 4. The van der Waals surface area contributed by atoms with Crippen LogP contribution in [0, 0.1) is 0 Å². The van der Waals surface area contributed by atoms with E-state index in [1.165, 1.54) is 19.1 Å². The lowest BCUT2D eigenvalue weighted by Gasteiger charge is -2.27. The predicted octanol–water partition coefficient (Wildman–Crippen LogP) is -0.961. The molecule has 1 amide bonds. The molecule has 1 aromatic carbocycles. The van der Waals surface area contributed by atoms with Crippen LogP contribution in [-0.4, -0.2) is 82.3 Å². The van der Waals surface area contributed by atoms with Crippen LogP contribution in [0.25, 0.3) is 10.9 Å². The van der Waals surface area contributed by atoms with Gasteiger partial charge in [0.25, 0.3) is 5.91 Å². The maximum atomic E-state index is 12.7. The molecule has 3 rings (SSSR count). The normalized spacial score (nSPS) is 25.4. The summed E-state index contributed by atoms with van der Waals surface area (Å²) < 4.78 is 4.68. The predicted molar refractivity (Wildman–Crippen MR) is 91.5 cm³/mol. The molecule has 0 spiro atoms. The third kappa shape index (κ3) is 3.06. The third-order valence-electron chi connectivity index (χ3n) is 4.68. The van der Waals surface area contributed by atoms with Gasteiger partial charge >= 0.3 is 5.97 Å². The molecule has 5 N–H and O–H groups in total. The van der Waals surface area contributed by atoms with E-state index in [9.17, 15) is 24.9 Å². The summed E-state index contributed by atoms with van der Waals surface area (Å²) >= 11 is 0. The molecule has 0 saturated carbocycles. The molecule has 1 aromatic heterocycles. The van der Waals surface area contributed by atoms with Gasteiger partial charge in [0.05, 0.1) is 25.3 Å².